The molecule has 0 saturated heterocycles. The molecule has 0 radical (unpaired) electrons. The molecule has 0 amide bonds. The summed E-state index contributed by atoms with van der Waals surface area (Å²) in [6.07, 6.45) is 0. The Kier molecular flexibility index (Phi) is 5.14. The molecule has 112 valence electrons. The number of phenols is 1. The fourth-order valence-electron chi connectivity index (χ4n) is 1.83. The van der Waals surface area contributed by atoms with Gasteiger partial charge in [-0.15, -0.1) is 0 Å². The number of para-hydroxylation sites is 1. The van der Waals surface area contributed by atoms with Crippen molar-refractivity contribution in [3.63, 3.8) is 0 Å². The molecule has 0 atom stereocenters. The maximum atomic E-state index is 11.9. The molecule has 0 fully saturated rings. The fourth-order valence-corrected chi connectivity index (χ4v) is 1.83. The zero-order valence-corrected chi connectivity index (χ0v) is 11.9. The van der Waals surface area contributed by atoms with Crippen molar-refractivity contribution >= 4 is 5.97 Å². The lowest BCUT2D eigenvalue weighted by molar-refractivity contribution is 0.0731. The van der Waals surface area contributed by atoms with Gasteiger partial charge in [0, 0.05) is 0 Å². The third-order valence-corrected chi connectivity index (χ3v) is 3.05. The molecule has 21 heavy (non-hydrogen) atoms. The highest BCUT2D eigenvalue weighted by Crippen LogP contribution is 2.25. The lowest BCUT2D eigenvalue weighted by Gasteiger charge is -2.19. The Morgan fingerprint density at radius 2 is 1.57 bits per heavy atom. The molecule has 2 aromatic rings. The molecule has 0 aromatic heterocycles. The number of phenolic OH excluding ortho intramolecular Hbond substituents is 1. The second-order valence-electron chi connectivity index (χ2n) is 5.68. The molecule has 3 heteroatoms. The van der Waals surface area contributed by atoms with Crippen molar-refractivity contribution in [3.8, 4) is 11.5 Å². The number of hydrogen-bond donors (Lipinski definition) is 1. The first-order valence-corrected chi connectivity index (χ1v) is 6.48. The second kappa shape index (κ2) is 6.44. The van der Waals surface area contributed by atoms with Crippen LogP contribution in [0.15, 0.2) is 48.5 Å². The van der Waals surface area contributed by atoms with E-state index in [4.69, 9.17) is 4.74 Å². The van der Waals surface area contributed by atoms with E-state index >= 15 is 0 Å². The minimum absolute atomic E-state index is 0. The number of aromatic hydroxyl groups is 1. The molecule has 2 aromatic carbocycles. The Balaban J connectivity index is 0.00000220. The van der Waals surface area contributed by atoms with Gasteiger partial charge in [-0.05, 0) is 35.2 Å². The monoisotopic (exact) mass is 286 g/mol. The van der Waals surface area contributed by atoms with E-state index in [2.05, 4.69) is 20.8 Å². The van der Waals surface area contributed by atoms with Gasteiger partial charge in [0.05, 0.1) is 0 Å². The second-order valence-corrected chi connectivity index (χ2v) is 5.68. The molecule has 2 rings (SSSR count). The lowest BCUT2D eigenvalue weighted by atomic mass is 9.87. The summed E-state index contributed by atoms with van der Waals surface area (Å²) >= 11 is 0. The van der Waals surface area contributed by atoms with Crippen LogP contribution in [0.2, 0.25) is 0 Å². The predicted octanol–water partition coefficient (Wildman–Crippen LogP) is 4.55. The van der Waals surface area contributed by atoms with Crippen molar-refractivity contribution in [2.24, 2.45) is 0 Å². The number of carbonyl (C=O) groups is 1. The summed E-state index contributed by atoms with van der Waals surface area (Å²) in [6, 6.07) is 13.7. The number of hydrogen-bond acceptors (Lipinski definition) is 3. The molecule has 0 aliphatic carbocycles. The summed E-state index contributed by atoms with van der Waals surface area (Å²) in [5.41, 5.74) is 1.38. The normalized spacial score (nSPS) is 10.6. The average molecular weight is 286 g/mol. The van der Waals surface area contributed by atoms with Crippen molar-refractivity contribution in [1.82, 2.24) is 0 Å². The van der Waals surface area contributed by atoms with Gasteiger partial charge in [-0.1, -0.05) is 52.5 Å². The van der Waals surface area contributed by atoms with Crippen LogP contribution >= 0.6 is 0 Å². The first-order chi connectivity index (χ1) is 9.38. The van der Waals surface area contributed by atoms with Crippen LogP contribution in [0.4, 0.5) is 0 Å². The van der Waals surface area contributed by atoms with Crippen molar-refractivity contribution < 1.29 is 14.6 Å². The zero-order chi connectivity index (χ0) is 14.8. The third kappa shape index (κ3) is 4.09. The van der Waals surface area contributed by atoms with Crippen molar-refractivity contribution in [1.29, 1.82) is 0 Å². The van der Waals surface area contributed by atoms with Gasteiger partial charge in [0.1, 0.15) is 17.1 Å². The van der Waals surface area contributed by atoms with Crippen LogP contribution in [0.5, 0.6) is 11.5 Å². The molecule has 0 bridgehead atoms. The van der Waals surface area contributed by atoms with Gasteiger partial charge >= 0.3 is 5.97 Å². The molecule has 0 spiro atoms. The van der Waals surface area contributed by atoms with Crippen molar-refractivity contribution in [2.75, 3.05) is 0 Å². The quantitative estimate of drug-likeness (QED) is 0.651. The predicted molar refractivity (Wildman–Crippen MR) is 84.9 cm³/mol. The first-order valence-electron chi connectivity index (χ1n) is 6.48. The van der Waals surface area contributed by atoms with Gasteiger partial charge in [0.25, 0.3) is 0 Å². The molecular weight excluding hydrogens is 264 g/mol. The van der Waals surface area contributed by atoms with Gasteiger partial charge in [0.2, 0.25) is 0 Å². The van der Waals surface area contributed by atoms with Crippen LogP contribution in [0.1, 0.15) is 44.1 Å². The van der Waals surface area contributed by atoms with E-state index in [-0.39, 0.29) is 24.2 Å². The smallest absolute Gasteiger partial charge is 0.347 e. The molecule has 0 saturated carbocycles. The van der Waals surface area contributed by atoms with Gasteiger partial charge in [0.15, 0.2) is 0 Å². The number of carbonyl (C=O) groups excluding carboxylic acids is 1. The van der Waals surface area contributed by atoms with Crippen LogP contribution in [0, 0.1) is 0 Å². The summed E-state index contributed by atoms with van der Waals surface area (Å²) in [7, 11) is 0. The number of benzene rings is 2. The van der Waals surface area contributed by atoms with E-state index in [0.29, 0.717) is 5.75 Å². The van der Waals surface area contributed by atoms with Gasteiger partial charge < -0.3 is 9.84 Å². The largest absolute Gasteiger partial charge is 0.507 e. The van der Waals surface area contributed by atoms with E-state index in [9.17, 15) is 9.90 Å². The lowest BCUT2D eigenvalue weighted by Crippen LogP contribution is -2.11. The van der Waals surface area contributed by atoms with E-state index in [0.717, 1.165) is 0 Å². The van der Waals surface area contributed by atoms with E-state index in [1.807, 2.05) is 12.1 Å². The van der Waals surface area contributed by atoms with Gasteiger partial charge in [-0.3, -0.25) is 0 Å². The molecule has 0 aliphatic heterocycles. The maximum Gasteiger partial charge on any atom is 0.347 e. The highest BCUT2D eigenvalue weighted by Gasteiger charge is 2.15. The molecular formula is C18H22O3. The molecule has 3 nitrogen and oxygen atoms in total. The number of esters is 1. The number of rotatable bonds is 2. The summed E-state index contributed by atoms with van der Waals surface area (Å²) in [5, 5.41) is 9.61. The Bertz CT molecular complexity index is 607. The van der Waals surface area contributed by atoms with Gasteiger partial charge in [-0.2, -0.15) is 0 Å². The van der Waals surface area contributed by atoms with Crippen LogP contribution in [0.3, 0.4) is 0 Å². The first kappa shape index (κ1) is 16.8. The van der Waals surface area contributed by atoms with E-state index < -0.39 is 5.97 Å². The Morgan fingerprint density at radius 3 is 2.10 bits per heavy atom. The highest BCUT2D eigenvalue weighted by atomic mass is 16.5. The summed E-state index contributed by atoms with van der Waals surface area (Å²) in [6.45, 7) is 6.36. The average Bonchev–Trinajstić information content (AvgIpc) is 2.38. The van der Waals surface area contributed by atoms with E-state index in [1.54, 1.807) is 24.3 Å². The summed E-state index contributed by atoms with van der Waals surface area (Å²) in [5.74, 6) is -0.179. The third-order valence-electron chi connectivity index (χ3n) is 3.05. The van der Waals surface area contributed by atoms with Crippen LogP contribution in [-0.4, -0.2) is 11.1 Å². The standard InChI is InChI=1S/C17H18O3.CH4/c1-17(2,3)12-8-10-13(11-9-12)20-16(19)14-6-4-5-7-15(14)18;/h4-11,18H,1-3H3;1H4. The van der Waals surface area contributed by atoms with Crippen LogP contribution in [-0.2, 0) is 5.41 Å². The molecule has 0 aliphatic rings. The minimum atomic E-state index is -0.563. The van der Waals surface area contributed by atoms with Crippen LogP contribution < -0.4 is 4.74 Å². The van der Waals surface area contributed by atoms with Gasteiger partial charge in [-0.25, -0.2) is 4.79 Å². The molecule has 0 unspecified atom stereocenters. The highest BCUT2D eigenvalue weighted by molar-refractivity contribution is 5.93. The minimum Gasteiger partial charge on any atom is -0.507 e. The maximum absolute atomic E-state index is 11.9. The summed E-state index contributed by atoms with van der Waals surface area (Å²) in [4.78, 5) is 11.9. The SMILES string of the molecule is C.CC(C)(C)c1ccc(OC(=O)c2ccccc2O)cc1. The number of ether oxygens (including phenoxy) is 1. The summed E-state index contributed by atoms with van der Waals surface area (Å²) < 4.78 is 5.25. The van der Waals surface area contributed by atoms with E-state index in [1.165, 1.54) is 17.7 Å². The Hall–Kier alpha value is -2.29. The zero-order valence-electron chi connectivity index (χ0n) is 11.9. The van der Waals surface area contributed by atoms with Crippen molar-refractivity contribution in [3.05, 3.63) is 59.7 Å². The molecule has 0 heterocycles. The molecule has 1 N–H and O–H groups in total. The Morgan fingerprint density at radius 1 is 1.00 bits per heavy atom. The Labute approximate surface area is 126 Å². The topological polar surface area (TPSA) is 46.5 Å². The van der Waals surface area contributed by atoms with Crippen molar-refractivity contribution in [2.45, 2.75) is 33.6 Å². The van der Waals surface area contributed by atoms with Crippen LogP contribution in [0.25, 0.3) is 0 Å². The fraction of sp³-hybridized carbons (Fsp3) is 0.278.